The Kier molecular flexibility index (Phi) is 4.30. The fourth-order valence-electron chi connectivity index (χ4n) is 1.46. The first-order valence-corrected chi connectivity index (χ1v) is 6.32. The fourth-order valence-corrected chi connectivity index (χ4v) is 1.86. The van der Waals surface area contributed by atoms with E-state index in [1.165, 1.54) is 6.21 Å². The molecule has 1 amide bonds. The second-order valence-electron chi connectivity index (χ2n) is 3.80. The van der Waals surface area contributed by atoms with E-state index < -0.39 is 0 Å². The molecular formula is C14H11BrN2O2. The van der Waals surface area contributed by atoms with Crippen LogP contribution < -0.4 is 5.43 Å². The van der Waals surface area contributed by atoms with Gasteiger partial charge in [-0.05, 0) is 35.9 Å². The molecule has 0 aromatic heterocycles. The highest BCUT2D eigenvalue weighted by atomic mass is 79.9. The molecule has 2 aromatic carbocycles. The lowest BCUT2D eigenvalue weighted by Gasteiger charge is -2.00. The van der Waals surface area contributed by atoms with E-state index in [0.29, 0.717) is 11.1 Å². The smallest absolute Gasteiger partial charge is 0.271 e. The van der Waals surface area contributed by atoms with Crippen molar-refractivity contribution in [3.63, 3.8) is 0 Å². The first kappa shape index (κ1) is 13.3. The predicted molar refractivity (Wildman–Crippen MR) is 77.3 cm³/mol. The van der Waals surface area contributed by atoms with Crippen molar-refractivity contribution < 1.29 is 9.90 Å². The summed E-state index contributed by atoms with van der Waals surface area (Å²) in [4.78, 5) is 11.8. The van der Waals surface area contributed by atoms with Crippen LogP contribution in [0.4, 0.5) is 0 Å². The third kappa shape index (κ3) is 3.93. The molecule has 0 unspecified atom stereocenters. The van der Waals surface area contributed by atoms with Gasteiger partial charge >= 0.3 is 0 Å². The molecular weight excluding hydrogens is 308 g/mol. The van der Waals surface area contributed by atoms with Gasteiger partial charge in [-0.2, -0.15) is 5.10 Å². The van der Waals surface area contributed by atoms with Crippen molar-refractivity contribution >= 4 is 28.1 Å². The van der Waals surface area contributed by atoms with E-state index in [0.717, 1.165) is 4.47 Å². The van der Waals surface area contributed by atoms with E-state index in [1.54, 1.807) is 42.5 Å². The first-order valence-electron chi connectivity index (χ1n) is 5.53. The minimum Gasteiger partial charge on any atom is -0.508 e. The molecule has 2 aromatic rings. The zero-order chi connectivity index (χ0) is 13.7. The molecule has 0 saturated carbocycles. The van der Waals surface area contributed by atoms with Crippen LogP contribution in [0.1, 0.15) is 15.9 Å². The number of nitrogens with zero attached hydrogens (tertiary/aromatic N) is 1. The number of halogens is 1. The summed E-state index contributed by atoms with van der Waals surface area (Å²) in [7, 11) is 0. The van der Waals surface area contributed by atoms with Crippen molar-refractivity contribution in [3.05, 3.63) is 64.1 Å². The first-order chi connectivity index (χ1) is 9.15. The average Bonchev–Trinajstić information content (AvgIpc) is 2.38. The summed E-state index contributed by atoms with van der Waals surface area (Å²) in [6, 6.07) is 13.6. The Hall–Kier alpha value is -2.14. The van der Waals surface area contributed by atoms with Crippen LogP contribution in [0.2, 0.25) is 0 Å². The van der Waals surface area contributed by atoms with Gasteiger partial charge in [-0.1, -0.05) is 34.1 Å². The maximum Gasteiger partial charge on any atom is 0.271 e. The lowest BCUT2D eigenvalue weighted by atomic mass is 10.2. The van der Waals surface area contributed by atoms with Crippen molar-refractivity contribution in [2.75, 3.05) is 0 Å². The van der Waals surface area contributed by atoms with Crippen LogP contribution in [0.5, 0.6) is 5.75 Å². The molecule has 0 aliphatic heterocycles. The number of aromatic hydroxyl groups is 1. The van der Waals surface area contributed by atoms with E-state index in [4.69, 9.17) is 0 Å². The molecule has 0 atom stereocenters. The highest BCUT2D eigenvalue weighted by Crippen LogP contribution is 2.11. The van der Waals surface area contributed by atoms with Gasteiger partial charge in [0, 0.05) is 10.0 Å². The SMILES string of the molecule is O=C(N/N=C/c1cccc(O)c1)c1cccc(Br)c1. The quantitative estimate of drug-likeness (QED) is 0.675. The summed E-state index contributed by atoms with van der Waals surface area (Å²) in [5.41, 5.74) is 3.64. The molecule has 2 rings (SSSR count). The van der Waals surface area contributed by atoms with E-state index >= 15 is 0 Å². The molecule has 0 fully saturated rings. The standard InChI is InChI=1S/C14H11BrN2O2/c15-12-5-2-4-11(8-12)14(19)17-16-9-10-3-1-6-13(18)7-10/h1-9,18H,(H,17,19)/b16-9+. The number of hydrogen-bond donors (Lipinski definition) is 2. The van der Waals surface area contributed by atoms with Gasteiger partial charge in [-0.25, -0.2) is 5.43 Å². The number of phenolic OH excluding ortho intramolecular Hbond substituents is 1. The second-order valence-corrected chi connectivity index (χ2v) is 4.72. The zero-order valence-corrected chi connectivity index (χ0v) is 11.5. The third-order valence-corrected chi connectivity index (χ3v) is 2.83. The number of rotatable bonds is 3. The molecule has 96 valence electrons. The predicted octanol–water partition coefficient (Wildman–Crippen LogP) is 2.92. The number of carbonyl (C=O) groups excluding carboxylic acids is 1. The van der Waals surface area contributed by atoms with Crippen LogP contribution >= 0.6 is 15.9 Å². The number of amides is 1. The normalized spacial score (nSPS) is 10.6. The summed E-state index contributed by atoms with van der Waals surface area (Å²) in [5.74, 6) is -0.139. The van der Waals surface area contributed by atoms with Gasteiger partial charge in [0.25, 0.3) is 5.91 Å². The van der Waals surface area contributed by atoms with Crippen molar-refractivity contribution in [3.8, 4) is 5.75 Å². The Labute approximate surface area is 118 Å². The summed E-state index contributed by atoms with van der Waals surface area (Å²) in [5, 5.41) is 13.1. The molecule has 0 aliphatic rings. The molecule has 5 heteroatoms. The molecule has 19 heavy (non-hydrogen) atoms. The summed E-state index contributed by atoms with van der Waals surface area (Å²) >= 11 is 3.30. The zero-order valence-electron chi connectivity index (χ0n) is 9.88. The minimum absolute atomic E-state index is 0.155. The van der Waals surface area contributed by atoms with Gasteiger partial charge < -0.3 is 5.11 Å². The van der Waals surface area contributed by atoms with Crippen molar-refractivity contribution in [2.24, 2.45) is 5.10 Å². The van der Waals surface area contributed by atoms with Gasteiger partial charge in [-0.3, -0.25) is 4.79 Å². The van der Waals surface area contributed by atoms with Crippen LogP contribution in [-0.2, 0) is 0 Å². The minimum atomic E-state index is -0.294. The summed E-state index contributed by atoms with van der Waals surface area (Å²) < 4.78 is 0.831. The molecule has 0 spiro atoms. The molecule has 0 radical (unpaired) electrons. The number of phenols is 1. The van der Waals surface area contributed by atoms with Crippen LogP contribution in [0.3, 0.4) is 0 Å². The third-order valence-electron chi connectivity index (χ3n) is 2.34. The Morgan fingerprint density at radius 3 is 2.74 bits per heavy atom. The number of hydrogen-bond acceptors (Lipinski definition) is 3. The van der Waals surface area contributed by atoms with Gasteiger partial charge in [-0.15, -0.1) is 0 Å². The Balaban J connectivity index is 2.01. The maximum atomic E-state index is 11.8. The Morgan fingerprint density at radius 1 is 1.21 bits per heavy atom. The van der Waals surface area contributed by atoms with Gasteiger partial charge in [0.05, 0.1) is 6.21 Å². The topological polar surface area (TPSA) is 61.7 Å². The summed E-state index contributed by atoms with van der Waals surface area (Å²) in [6.45, 7) is 0. The van der Waals surface area contributed by atoms with Crippen LogP contribution in [0.15, 0.2) is 58.1 Å². The lowest BCUT2D eigenvalue weighted by molar-refractivity contribution is 0.0955. The molecule has 2 N–H and O–H groups in total. The highest BCUT2D eigenvalue weighted by Gasteiger charge is 2.03. The van der Waals surface area contributed by atoms with E-state index in [2.05, 4.69) is 26.5 Å². The maximum absolute atomic E-state index is 11.8. The fraction of sp³-hybridized carbons (Fsp3) is 0. The number of benzene rings is 2. The number of hydrazone groups is 1. The number of nitrogens with one attached hydrogen (secondary N) is 1. The molecule has 0 saturated heterocycles. The largest absolute Gasteiger partial charge is 0.508 e. The van der Waals surface area contributed by atoms with E-state index in [1.807, 2.05) is 6.07 Å². The van der Waals surface area contributed by atoms with Gasteiger partial charge in [0.1, 0.15) is 5.75 Å². The summed E-state index contributed by atoms with van der Waals surface area (Å²) in [6.07, 6.45) is 1.47. The molecule has 0 heterocycles. The lowest BCUT2D eigenvalue weighted by Crippen LogP contribution is -2.17. The monoisotopic (exact) mass is 318 g/mol. The molecule has 0 bridgehead atoms. The molecule has 0 aliphatic carbocycles. The van der Waals surface area contributed by atoms with Gasteiger partial charge in [0.2, 0.25) is 0 Å². The van der Waals surface area contributed by atoms with Crippen molar-refractivity contribution in [1.29, 1.82) is 0 Å². The Bertz CT molecular complexity index is 626. The van der Waals surface area contributed by atoms with E-state index in [-0.39, 0.29) is 11.7 Å². The van der Waals surface area contributed by atoms with Crippen LogP contribution in [0.25, 0.3) is 0 Å². The van der Waals surface area contributed by atoms with Crippen LogP contribution in [-0.4, -0.2) is 17.2 Å². The van der Waals surface area contributed by atoms with E-state index in [9.17, 15) is 9.90 Å². The van der Waals surface area contributed by atoms with Crippen LogP contribution in [0, 0.1) is 0 Å². The second kappa shape index (κ2) is 6.15. The van der Waals surface area contributed by atoms with Crippen molar-refractivity contribution in [1.82, 2.24) is 5.43 Å². The highest BCUT2D eigenvalue weighted by molar-refractivity contribution is 9.10. The molecule has 4 nitrogen and oxygen atoms in total. The van der Waals surface area contributed by atoms with Gasteiger partial charge in [0.15, 0.2) is 0 Å². The Morgan fingerprint density at radius 2 is 2.00 bits per heavy atom. The average molecular weight is 319 g/mol. The van der Waals surface area contributed by atoms with Crippen molar-refractivity contribution in [2.45, 2.75) is 0 Å². The number of carbonyl (C=O) groups is 1.